The highest BCUT2D eigenvalue weighted by atomic mass is 35.5. The molecule has 0 aromatic carbocycles. The molecule has 0 aliphatic rings. The van der Waals surface area contributed by atoms with Gasteiger partial charge in [-0.15, -0.1) is 0 Å². The smallest absolute Gasteiger partial charge is 0.251 e. The average molecular weight is 246 g/mol. The van der Waals surface area contributed by atoms with E-state index in [4.69, 9.17) is 21.1 Å². The van der Waals surface area contributed by atoms with Crippen LogP contribution in [0.4, 0.5) is 5.82 Å². The Kier molecular flexibility index (Phi) is 5.69. The minimum atomic E-state index is -0.300. The predicted molar refractivity (Wildman–Crippen MR) is 58.4 cm³/mol. The lowest BCUT2D eigenvalue weighted by Gasteiger charge is -2.04. The van der Waals surface area contributed by atoms with Gasteiger partial charge in [0.1, 0.15) is 12.4 Å². The van der Waals surface area contributed by atoms with Gasteiger partial charge in [0.2, 0.25) is 5.28 Å². The molecule has 7 heteroatoms. The van der Waals surface area contributed by atoms with Gasteiger partial charge in [0.25, 0.3) is 5.91 Å². The molecule has 0 aliphatic heterocycles. The van der Waals surface area contributed by atoms with E-state index < -0.39 is 0 Å². The first-order chi connectivity index (χ1) is 7.72. The number of nitrogens with zero attached hydrogens (tertiary/aromatic N) is 2. The van der Waals surface area contributed by atoms with Crippen molar-refractivity contribution in [3.63, 3.8) is 0 Å². The summed E-state index contributed by atoms with van der Waals surface area (Å²) >= 11 is 5.55. The molecule has 16 heavy (non-hydrogen) atoms. The Bertz CT molecular complexity index is 349. The zero-order chi connectivity index (χ0) is 11.8. The van der Waals surface area contributed by atoms with Gasteiger partial charge in [0, 0.05) is 13.3 Å². The summed E-state index contributed by atoms with van der Waals surface area (Å²) in [4.78, 5) is 18.8. The molecule has 0 saturated carbocycles. The van der Waals surface area contributed by atoms with E-state index >= 15 is 0 Å². The maximum Gasteiger partial charge on any atom is 0.251 e. The topological polar surface area (TPSA) is 73.3 Å². The molecule has 1 heterocycles. The predicted octanol–water partition coefficient (Wildman–Crippen LogP) is 0.731. The second-order valence-corrected chi connectivity index (χ2v) is 3.14. The highest BCUT2D eigenvalue weighted by Crippen LogP contribution is 2.05. The highest BCUT2D eigenvalue weighted by Gasteiger charge is 2.03. The van der Waals surface area contributed by atoms with Crippen molar-refractivity contribution in [1.29, 1.82) is 0 Å². The van der Waals surface area contributed by atoms with Gasteiger partial charge < -0.3 is 14.8 Å². The Hall–Kier alpha value is -1.24. The van der Waals surface area contributed by atoms with Crippen molar-refractivity contribution in [2.24, 2.45) is 0 Å². The van der Waals surface area contributed by atoms with E-state index in [0.29, 0.717) is 19.0 Å². The number of hydrogen-bond acceptors (Lipinski definition) is 5. The van der Waals surface area contributed by atoms with Crippen LogP contribution < -0.4 is 5.32 Å². The van der Waals surface area contributed by atoms with Gasteiger partial charge in [0.15, 0.2) is 0 Å². The zero-order valence-corrected chi connectivity index (χ0v) is 9.53. The van der Waals surface area contributed by atoms with Gasteiger partial charge in [0.05, 0.1) is 13.2 Å². The van der Waals surface area contributed by atoms with Crippen molar-refractivity contribution in [2.45, 2.75) is 0 Å². The first-order valence-electron chi connectivity index (χ1n) is 4.57. The monoisotopic (exact) mass is 245 g/mol. The second-order valence-electron chi connectivity index (χ2n) is 2.80. The van der Waals surface area contributed by atoms with E-state index in [1.54, 1.807) is 13.2 Å². The summed E-state index contributed by atoms with van der Waals surface area (Å²) < 4.78 is 9.79. The fraction of sp³-hybridized carbons (Fsp3) is 0.444. The number of halogens is 1. The third kappa shape index (κ3) is 5.01. The van der Waals surface area contributed by atoms with Gasteiger partial charge in [-0.25, -0.2) is 9.97 Å². The number of carbonyl (C=O) groups is 1. The molecule has 1 rings (SSSR count). The standard InChI is InChI=1S/C9H12ClN3O3/c1-15-4-5-16-6-8(14)12-7-2-3-11-9(10)13-7/h2-3H,4-6H2,1H3,(H,11,12,13,14). The van der Waals surface area contributed by atoms with Gasteiger partial charge in [-0.05, 0) is 17.7 Å². The number of ether oxygens (including phenoxy) is 2. The third-order valence-electron chi connectivity index (χ3n) is 1.56. The molecule has 1 amide bonds. The molecular weight excluding hydrogens is 234 g/mol. The minimum Gasteiger partial charge on any atom is -0.382 e. The Morgan fingerprint density at radius 2 is 2.38 bits per heavy atom. The number of methoxy groups -OCH3 is 1. The summed E-state index contributed by atoms with van der Waals surface area (Å²) in [5.41, 5.74) is 0. The van der Waals surface area contributed by atoms with Crippen LogP contribution >= 0.6 is 11.6 Å². The summed E-state index contributed by atoms with van der Waals surface area (Å²) in [5.74, 6) is 0.0474. The number of aromatic nitrogens is 2. The van der Waals surface area contributed by atoms with Crippen LogP contribution in [-0.4, -0.2) is 42.8 Å². The molecule has 0 bridgehead atoms. The van der Waals surface area contributed by atoms with Gasteiger partial charge >= 0.3 is 0 Å². The van der Waals surface area contributed by atoms with Crippen LogP contribution in [0.3, 0.4) is 0 Å². The second kappa shape index (κ2) is 7.10. The largest absolute Gasteiger partial charge is 0.382 e. The van der Waals surface area contributed by atoms with Crippen LogP contribution in [0.5, 0.6) is 0 Å². The number of hydrogen-bond donors (Lipinski definition) is 1. The number of nitrogens with one attached hydrogen (secondary N) is 1. The lowest BCUT2D eigenvalue weighted by atomic mass is 10.5. The normalized spacial score (nSPS) is 10.1. The van der Waals surface area contributed by atoms with E-state index in [1.165, 1.54) is 6.20 Å². The molecule has 6 nitrogen and oxygen atoms in total. The first kappa shape index (κ1) is 12.8. The molecule has 1 aromatic rings. The number of anilines is 1. The molecule has 0 radical (unpaired) electrons. The van der Waals surface area contributed by atoms with Gasteiger partial charge in [-0.1, -0.05) is 0 Å². The maximum absolute atomic E-state index is 11.3. The first-order valence-corrected chi connectivity index (χ1v) is 4.95. The quantitative estimate of drug-likeness (QED) is 0.591. The van der Waals surface area contributed by atoms with Crippen molar-refractivity contribution in [2.75, 3.05) is 32.2 Å². The van der Waals surface area contributed by atoms with Crippen LogP contribution in [0, 0.1) is 0 Å². The summed E-state index contributed by atoms with van der Waals surface area (Å²) in [6.07, 6.45) is 1.46. The third-order valence-corrected chi connectivity index (χ3v) is 1.74. The Morgan fingerprint density at radius 1 is 1.56 bits per heavy atom. The van der Waals surface area contributed by atoms with Crippen molar-refractivity contribution in [1.82, 2.24) is 9.97 Å². The molecule has 0 atom stereocenters. The van der Waals surface area contributed by atoms with E-state index in [2.05, 4.69) is 15.3 Å². The minimum absolute atomic E-state index is 0.0506. The average Bonchev–Trinajstić information content (AvgIpc) is 2.24. The van der Waals surface area contributed by atoms with E-state index in [1.807, 2.05) is 0 Å². The summed E-state index contributed by atoms with van der Waals surface area (Å²) in [6, 6.07) is 1.54. The van der Waals surface area contributed by atoms with Crippen LogP contribution in [0.1, 0.15) is 0 Å². The summed E-state index contributed by atoms with van der Waals surface area (Å²) in [7, 11) is 1.56. The lowest BCUT2D eigenvalue weighted by Crippen LogP contribution is -2.20. The number of carbonyl (C=O) groups excluding carboxylic acids is 1. The van der Waals surface area contributed by atoms with E-state index in [0.717, 1.165) is 0 Å². The Morgan fingerprint density at radius 3 is 3.06 bits per heavy atom. The van der Waals surface area contributed by atoms with Crippen molar-refractivity contribution in [3.05, 3.63) is 17.5 Å². The number of rotatable bonds is 6. The molecule has 1 aromatic heterocycles. The molecule has 0 unspecified atom stereocenters. The molecular formula is C9H12ClN3O3. The molecule has 0 fully saturated rings. The SMILES string of the molecule is COCCOCC(=O)Nc1ccnc(Cl)n1. The molecule has 0 saturated heterocycles. The highest BCUT2D eigenvalue weighted by molar-refractivity contribution is 6.28. The summed E-state index contributed by atoms with van der Waals surface area (Å²) in [6.45, 7) is 0.770. The summed E-state index contributed by atoms with van der Waals surface area (Å²) in [5, 5.41) is 2.60. The van der Waals surface area contributed by atoms with Crippen molar-refractivity contribution < 1.29 is 14.3 Å². The Balaban J connectivity index is 2.29. The Labute approximate surface area is 97.9 Å². The van der Waals surface area contributed by atoms with Crippen molar-refractivity contribution >= 4 is 23.3 Å². The van der Waals surface area contributed by atoms with E-state index in [-0.39, 0.29) is 17.8 Å². The van der Waals surface area contributed by atoms with Crippen LogP contribution in [0.2, 0.25) is 5.28 Å². The maximum atomic E-state index is 11.3. The number of amides is 1. The van der Waals surface area contributed by atoms with Crippen LogP contribution in [0.25, 0.3) is 0 Å². The van der Waals surface area contributed by atoms with Gasteiger partial charge in [-0.2, -0.15) is 0 Å². The molecule has 0 aliphatic carbocycles. The molecule has 1 N–H and O–H groups in total. The fourth-order valence-corrected chi connectivity index (χ4v) is 1.04. The van der Waals surface area contributed by atoms with Gasteiger partial charge in [-0.3, -0.25) is 4.79 Å². The molecule has 88 valence electrons. The zero-order valence-electron chi connectivity index (χ0n) is 8.77. The molecule has 0 spiro atoms. The van der Waals surface area contributed by atoms with Crippen molar-refractivity contribution in [3.8, 4) is 0 Å². The van der Waals surface area contributed by atoms with Crippen LogP contribution in [-0.2, 0) is 14.3 Å². The lowest BCUT2D eigenvalue weighted by molar-refractivity contribution is -0.121. The van der Waals surface area contributed by atoms with Crippen LogP contribution in [0.15, 0.2) is 12.3 Å². The van der Waals surface area contributed by atoms with E-state index in [9.17, 15) is 4.79 Å². The fourth-order valence-electron chi connectivity index (χ4n) is 0.891.